The van der Waals surface area contributed by atoms with Crippen molar-refractivity contribution in [2.45, 2.75) is 52.7 Å². The molecule has 0 spiro atoms. The fraction of sp³-hybridized carbons (Fsp3) is 0.360. The van der Waals surface area contributed by atoms with E-state index < -0.39 is 0 Å². The van der Waals surface area contributed by atoms with E-state index in [2.05, 4.69) is 60.2 Å². The highest BCUT2D eigenvalue weighted by molar-refractivity contribution is 5.91. The molecule has 0 saturated heterocycles. The maximum absolute atomic E-state index is 13.3. The molecule has 2 aromatic carbocycles. The monoisotopic (exact) mass is 423 g/mol. The summed E-state index contributed by atoms with van der Waals surface area (Å²) in [5.74, 6) is -0.0395. The molecule has 0 radical (unpaired) electrons. The van der Waals surface area contributed by atoms with Crippen molar-refractivity contribution < 1.29 is 13.6 Å². The van der Waals surface area contributed by atoms with Crippen LogP contribution in [-0.4, -0.2) is 22.3 Å². The lowest BCUT2D eigenvalue weighted by atomic mass is 9.87. The average molecular weight is 424 g/mol. The standard InChI is InChI=1S/C25H30FN3O2/c1-5-27-24(30)22-17-31-23(28-22)16-29(15-19-8-12-21(26)13-9-19)14-18-6-10-20(11-7-18)25(2,3)4/h6-13,17H,5,14-16H2,1-4H3,(H,27,30). The third-order valence-electron chi connectivity index (χ3n) is 5.03. The molecular formula is C25H30FN3O2. The highest BCUT2D eigenvalue weighted by atomic mass is 19.1. The lowest BCUT2D eigenvalue weighted by Gasteiger charge is -2.23. The van der Waals surface area contributed by atoms with Crippen molar-refractivity contribution in [1.29, 1.82) is 0 Å². The maximum atomic E-state index is 13.3. The number of nitrogens with zero attached hydrogens (tertiary/aromatic N) is 2. The van der Waals surface area contributed by atoms with Crippen LogP contribution in [0.15, 0.2) is 59.2 Å². The average Bonchev–Trinajstić information content (AvgIpc) is 3.18. The van der Waals surface area contributed by atoms with Gasteiger partial charge in [0.05, 0.1) is 6.54 Å². The topological polar surface area (TPSA) is 58.4 Å². The lowest BCUT2D eigenvalue weighted by molar-refractivity contribution is 0.0950. The highest BCUT2D eigenvalue weighted by Gasteiger charge is 2.17. The number of nitrogens with one attached hydrogen (secondary N) is 1. The first-order valence-corrected chi connectivity index (χ1v) is 10.5. The van der Waals surface area contributed by atoms with E-state index in [-0.39, 0.29) is 22.8 Å². The number of aromatic nitrogens is 1. The van der Waals surface area contributed by atoms with Crippen molar-refractivity contribution in [3.8, 4) is 0 Å². The number of hydrogen-bond acceptors (Lipinski definition) is 4. The van der Waals surface area contributed by atoms with Gasteiger partial charge in [0.25, 0.3) is 5.91 Å². The minimum atomic E-state index is -0.257. The summed E-state index contributed by atoms with van der Waals surface area (Å²) in [6.45, 7) is 10.7. The first-order valence-electron chi connectivity index (χ1n) is 10.5. The van der Waals surface area contributed by atoms with Gasteiger partial charge in [0.1, 0.15) is 12.1 Å². The van der Waals surface area contributed by atoms with Gasteiger partial charge in [-0.1, -0.05) is 57.2 Å². The summed E-state index contributed by atoms with van der Waals surface area (Å²) in [5, 5.41) is 2.72. The van der Waals surface area contributed by atoms with Crippen molar-refractivity contribution in [3.05, 3.63) is 88.9 Å². The van der Waals surface area contributed by atoms with Crippen molar-refractivity contribution in [2.24, 2.45) is 0 Å². The third-order valence-corrected chi connectivity index (χ3v) is 5.03. The second-order valence-corrected chi connectivity index (χ2v) is 8.70. The lowest BCUT2D eigenvalue weighted by Crippen LogP contribution is -2.24. The summed E-state index contributed by atoms with van der Waals surface area (Å²) < 4.78 is 18.9. The predicted molar refractivity (Wildman–Crippen MR) is 119 cm³/mol. The Labute approximate surface area is 183 Å². The van der Waals surface area contributed by atoms with Crippen LogP contribution in [0.4, 0.5) is 4.39 Å². The van der Waals surface area contributed by atoms with Crippen LogP contribution < -0.4 is 5.32 Å². The van der Waals surface area contributed by atoms with E-state index >= 15 is 0 Å². The van der Waals surface area contributed by atoms with Crippen LogP contribution in [0.1, 0.15) is 60.8 Å². The third kappa shape index (κ3) is 6.49. The van der Waals surface area contributed by atoms with E-state index in [1.54, 1.807) is 12.1 Å². The minimum absolute atomic E-state index is 0.0971. The molecule has 0 atom stereocenters. The van der Waals surface area contributed by atoms with Crippen LogP contribution >= 0.6 is 0 Å². The molecule has 0 aliphatic carbocycles. The van der Waals surface area contributed by atoms with Crippen LogP contribution in [0, 0.1) is 5.82 Å². The van der Waals surface area contributed by atoms with Gasteiger partial charge in [-0.2, -0.15) is 0 Å². The summed E-state index contributed by atoms with van der Waals surface area (Å²) in [6, 6.07) is 15.1. The fourth-order valence-electron chi connectivity index (χ4n) is 3.31. The van der Waals surface area contributed by atoms with Gasteiger partial charge in [0, 0.05) is 19.6 Å². The molecule has 0 fully saturated rings. The number of benzene rings is 2. The zero-order chi connectivity index (χ0) is 22.4. The summed E-state index contributed by atoms with van der Waals surface area (Å²) in [4.78, 5) is 18.5. The minimum Gasteiger partial charge on any atom is -0.447 e. The Balaban J connectivity index is 1.77. The number of rotatable bonds is 8. The molecule has 1 heterocycles. The van der Waals surface area contributed by atoms with Gasteiger partial charge in [-0.15, -0.1) is 0 Å². The Morgan fingerprint density at radius 3 is 2.13 bits per heavy atom. The van der Waals surface area contributed by atoms with E-state index in [0.29, 0.717) is 32.1 Å². The smallest absolute Gasteiger partial charge is 0.273 e. The molecule has 6 heteroatoms. The van der Waals surface area contributed by atoms with Gasteiger partial charge in [-0.25, -0.2) is 9.37 Å². The molecule has 1 N–H and O–H groups in total. The summed E-state index contributed by atoms with van der Waals surface area (Å²) in [5.41, 5.74) is 3.79. The molecule has 1 aromatic heterocycles. The largest absolute Gasteiger partial charge is 0.447 e. The van der Waals surface area contributed by atoms with Crippen molar-refractivity contribution in [1.82, 2.24) is 15.2 Å². The van der Waals surface area contributed by atoms with E-state index in [0.717, 1.165) is 11.1 Å². The molecule has 0 aliphatic heterocycles. The molecule has 1 amide bonds. The SMILES string of the molecule is CCNC(=O)c1coc(CN(Cc2ccc(F)cc2)Cc2ccc(C(C)(C)C)cc2)n1. The Morgan fingerprint density at radius 2 is 1.58 bits per heavy atom. The van der Waals surface area contributed by atoms with Gasteiger partial charge in [-0.05, 0) is 41.2 Å². The predicted octanol–water partition coefficient (Wildman–Crippen LogP) is 5.06. The van der Waals surface area contributed by atoms with Gasteiger partial charge in [0.15, 0.2) is 5.69 Å². The number of carbonyl (C=O) groups excluding carboxylic acids is 1. The second kappa shape index (κ2) is 9.88. The second-order valence-electron chi connectivity index (χ2n) is 8.70. The first-order chi connectivity index (χ1) is 14.7. The Hall–Kier alpha value is -2.99. The summed E-state index contributed by atoms with van der Waals surface area (Å²) in [7, 11) is 0. The summed E-state index contributed by atoms with van der Waals surface area (Å²) >= 11 is 0. The molecular weight excluding hydrogens is 393 g/mol. The number of carbonyl (C=O) groups is 1. The fourth-order valence-corrected chi connectivity index (χ4v) is 3.31. The molecule has 0 bridgehead atoms. The first kappa shape index (κ1) is 22.7. The van der Waals surface area contributed by atoms with Crippen molar-refractivity contribution in [3.63, 3.8) is 0 Å². The molecule has 3 rings (SSSR count). The van der Waals surface area contributed by atoms with Gasteiger partial charge < -0.3 is 9.73 Å². The van der Waals surface area contributed by atoms with Crippen LogP contribution in [-0.2, 0) is 25.0 Å². The van der Waals surface area contributed by atoms with E-state index in [1.807, 2.05) is 6.92 Å². The molecule has 0 aliphatic rings. The Bertz CT molecular complexity index is 989. The molecule has 0 saturated carbocycles. The zero-order valence-electron chi connectivity index (χ0n) is 18.6. The van der Waals surface area contributed by atoms with E-state index in [4.69, 9.17) is 4.42 Å². The van der Waals surface area contributed by atoms with Gasteiger partial charge in [-0.3, -0.25) is 9.69 Å². The van der Waals surface area contributed by atoms with Crippen molar-refractivity contribution in [2.75, 3.05) is 6.54 Å². The van der Waals surface area contributed by atoms with Gasteiger partial charge >= 0.3 is 0 Å². The summed E-state index contributed by atoms with van der Waals surface area (Å²) in [6.07, 6.45) is 1.38. The van der Waals surface area contributed by atoms with E-state index in [9.17, 15) is 9.18 Å². The maximum Gasteiger partial charge on any atom is 0.273 e. The van der Waals surface area contributed by atoms with Crippen LogP contribution in [0.2, 0.25) is 0 Å². The number of hydrogen-bond donors (Lipinski definition) is 1. The van der Waals surface area contributed by atoms with E-state index in [1.165, 1.54) is 24.0 Å². The molecule has 31 heavy (non-hydrogen) atoms. The molecule has 3 aromatic rings. The normalized spacial score (nSPS) is 11.7. The van der Waals surface area contributed by atoms with Crippen molar-refractivity contribution >= 4 is 5.91 Å². The highest BCUT2D eigenvalue weighted by Crippen LogP contribution is 2.23. The number of oxazole rings is 1. The number of amides is 1. The zero-order valence-corrected chi connectivity index (χ0v) is 18.6. The molecule has 164 valence electrons. The van der Waals surface area contributed by atoms with Crippen LogP contribution in [0.3, 0.4) is 0 Å². The Morgan fingerprint density at radius 1 is 1.00 bits per heavy atom. The number of halogens is 1. The Kier molecular flexibility index (Phi) is 7.23. The quantitative estimate of drug-likeness (QED) is 0.550. The molecule has 5 nitrogen and oxygen atoms in total. The molecule has 0 unspecified atom stereocenters. The van der Waals surface area contributed by atoms with Crippen LogP contribution in [0.25, 0.3) is 0 Å². The van der Waals surface area contributed by atoms with Crippen LogP contribution in [0.5, 0.6) is 0 Å². The van der Waals surface area contributed by atoms with Gasteiger partial charge in [0.2, 0.25) is 5.89 Å².